The molecule has 0 heterocycles. The molecular weight excluding hydrogens is 312 g/mol. The molecule has 1 atom stereocenters. The molecule has 1 unspecified atom stereocenters. The van der Waals surface area contributed by atoms with Gasteiger partial charge in [-0.25, -0.2) is 0 Å². The van der Waals surface area contributed by atoms with Crippen LogP contribution < -0.4 is 14.2 Å². The number of hydrogen-bond donors (Lipinski definition) is 1. The van der Waals surface area contributed by atoms with Crippen LogP contribution in [-0.2, 0) is 4.79 Å². The summed E-state index contributed by atoms with van der Waals surface area (Å²) >= 11 is 0. The van der Waals surface area contributed by atoms with E-state index in [0.29, 0.717) is 17.8 Å². The van der Waals surface area contributed by atoms with Gasteiger partial charge in [-0.3, -0.25) is 4.79 Å². The summed E-state index contributed by atoms with van der Waals surface area (Å²) < 4.78 is 15.3. The lowest BCUT2D eigenvalue weighted by molar-refractivity contribution is -0.108. The Morgan fingerprint density at radius 1 is 1.00 bits per heavy atom. The van der Waals surface area contributed by atoms with E-state index in [4.69, 9.17) is 14.2 Å². The topological polar surface area (TPSA) is 82.1 Å². The number of phenols is 1. The third-order valence-electron chi connectivity index (χ3n) is 3.67. The van der Waals surface area contributed by atoms with Gasteiger partial charge in [0.2, 0.25) is 0 Å². The van der Waals surface area contributed by atoms with E-state index in [-0.39, 0.29) is 22.6 Å². The van der Waals surface area contributed by atoms with Gasteiger partial charge in [-0.05, 0) is 24.3 Å². The summed E-state index contributed by atoms with van der Waals surface area (Å²) in [5.74, 6) is -0.804. The van der Waals surface area contributed by atoms with Crippen LogP contribution in [0.3, 0.4) is 0 Å². The second-order valence-electron chi connectivity index (χ2n) is 4.95. The second-order valence-corrected chi connectivity index (χ2v) is 4.95. The van der Waals surface area contributed by atoms with E-state index in [2.05, 4.69) is 0 Å². The maximum absolute atomic E-state index is 12.7. The number of ketones is 1. The molecule has 0 aliphatic heterocycles. The van der Waals surface area contributed by atoms with E-state index in [1.165, 1.54) is 39.5 Å². The highest BCUT2D eigenvalue weighted by atomic mass is 16.5. The fourth-order valence-electron chi connectivity index (χ4n) is 2.40. The summed E-state index contributed by atoms with van der Waals surface area (Å²) in [6, 6.07) is 9.27. The van der Waals surface area contributed by atoms with E-state index in [0.717, 1.165) is 0 Å². The second kappa shape index (κ2) is 7.50. The van der Waals surface area contributed by atoms with Crippen LogP contribution in [0.15, 0.2) is 36.4 Å². The van der Waals surface area contributed by atoms with Crippen molar-refractivity contribution in [3.05, 3.63) is 47.5 Å². The van der Waals surface area contributed by atoms with Crippen molar-refractivity contribution in [2.45, 2.75) is 5.92 Å². The van der Waals surface area contributed by atoms with Gasteiger partial charge in [-0.2, -0.15) is 0 Å². The van der Waals surface area contributed by atoms with Gasteiger partial charge in [0.15, 0.2) is 28.8 Å². The summed E-state index contributed by atoms with van der Waals surface area (Å²) in [5.41, 5.74) is 0.455. The number of methoxy groups -OCH3 is 3. The zero-order valence-electron chi connectivity index (χ0n) is 13.6. The molecule has 2 aromatic carbocycles. The Hall–Kier alpha value is -3.02. The molecular formula is C18H18O6. The van der Waals surface area contributed by atoms with Crippen molar-refractivity contribution in [1.29, 1.82) is 0 Å². The summed E-state index contributed by atoms with van der Waals surface area (Å²) in [7, 11) is 4.34. The molecule has 0 bridgehead atoms. The van der Waals surface area contributed by atoms with E-state index in [1.807, 2.05) is 0 Å². The largest absolute Gasteiger partial charge is 0.504 e. The summed E-state index contributed by atoms with van der Waals surface area (Å²) in [4.78, 5) is 24.2. The number of aldehydes is 1. The normalized spacial score (nSPS) is 11.5. The Bertz CT molecular complexity index is 753. The molecule has 0 saturated heterocycles. The third kappa shape index (κ3) is 3.17. The van der Waals surface area contributed by atoms with Crippen LogP contribution in [-0.4, -0.2) is 38.5 Å². The maximum Gasteiger partial charge on any atom is 0.177 e. The van der Waals surface area contributed by atoms with Gasteiger partial charge in [0.05, 0.1) is 21.3 Å². The first-order valence-corrected chi connectivity index (χ1v) is 7.14. The molecule has 0 saturated carbocycles. The van der Waals surface area contributed by atoms with Crippen molar-refractivity contribution in [2.75, 3.05) is 21.3 Å². The van der Waals surface area contributed by atoms with Gasteiger partial charge >= 0.3 is 0 Å². The minimum atomic E-state index is -1.15. The average molecular weight is 330 g/mol. The quantitative estimate of drug-likeness (QED) is 0.477. The first-order valence-electron chi connectivity index (χ1n) is 7.14. The summed E-state index contributed by atoms with van der Waals surface area (Å²) in [6.07, 6.45) is 0.494. The number of para-hydroxylation sites is 1. The number of rotatable bonds is 7. The van der Waals surface area contributed by atoms with E-state index in [1.54, 1.807) is 18.2 Å². The molecule has 0 spiro atoms. The minimum absolute atomic E-state index is 0.184. The highest BCUT2D eigenvalue weighted by Crippen LogP contribution is 2.36. The summed E-state index contributed by atoms with van der Waals surface area (Å²) in [5, 5.41) is 10.2. The van der Waals surface area contributed by atoms with Gasteiger partial charge in [0.1, 0.15) is 12.2 Å². The molecule has 0 aliphatic rings. The molecule has 2 aromatic rings. The van der Waals surface area contributed by atoms with Crippen LogP contribution in [0.25, 0.3) is 0 Å². The van der Waals surface area contributed by atoms with Gasteiger partial charge in [-0.15, -0.1) is 0 Å². The molecule has 6 nitrogen and oxygen atoms in total. The number of carbonyl (C=O) groups excluding carboxylic acids is 2. The standard InChI is InChI=1S/C18H18O6/c1-22-14-8-7-11(9-16(14)24-3)17(20)13(10-19)12-5-4-6-15(23-2)18(12)21/h4-10,13,21H,1-3H3. The zero-order valence-corrected chi connectivity index (χ0v) is 13.6. The fraction of sp³-hybridized carbons (Fsp3) is 0.222. The van der Waals surface area contributed by atoms with Crippen LogP contribution >= 0.6 is 0 Å². The Kier molecular flexibility index (Phi) is 5.42. The molecule has 0 radical (unpaired) electrons. The number of ether oxygens (including phenoxy) is 3. The van der Waals surface area contributed by atoms with Gasteiger partial charge < -0.3 is 24.1 Å². The average Bonchev–Trinajstić information content (AvgIpc) is 2.62. The Balaban J connectivity index is 2.45. The number of phenolic OH excluding ortho intramolecular Hbond substituents is 1. The Morgan fingerprint density at radius 3 is 2.25 bits per heavy atom. The maximum atomic E-state index is 12.7. The van der Waals surface area contributed by atoms with Gasteiger partial charge in [-0.1, -0.05) is 12.1 Å². The zero-order chi connectivity index (χ0) is 17.7. The van der Waals surface area contributed by atoms with Crippen LogP contribution in [0.2, 0.25) is 0 Å². The molecule has 24 heavy (non-hydrogen) atoms. The highest BCUT2D eigenvalue weighted by Gasteiger charge is 2.26. The number of benzene rings is 2. The predicted molar refractivity (Wildman–Crippen MR) is 87.3 cm³/mol. The van der Waals surface area contributed by atoms with Crippen molar-refractivity contribution >= 4 is 12.1 Å². The molecule has 1 N–H and O–H groups in total. The molecule has 126 valence electrons. The Morgan fingerprint density at radius 2 is 1.67 bits per heavy atom. The minimum Gasteiger partial charge on any atom is -0.504 e. The van der Waals surface area contributed by atoms with Crippen LogP contribution in [0, 0.1) is 0 Å². The van der Waals surface area contributed by atoms with Crippen molar-refractivity contribution in [2.24, 2.45) is 0 Å². The lowest BCUT2D eigenvalue weighted by Crippen LogP contribution is -2.15. The van der Waals surface area contributed by atoms with Crippen molar-refractivity contribution in [3.8, 4) is 23.0 Å². The first-order chi connectivity index (χ1) is 11.6. The molecule has 0 aliphatic carbocycles. The van der Waals surface area contributed by atoms with E-state index >= 15 is 0 Å². The number of Topliss-reactive ketones (excluding diaryl/α,β-unsaturated/α-hetero) is 1. The van der Waals surface area contributed by atoms with E-state index < -0.39 is 11.7 Å². The molecule has 6 heteroatoms. The highest BCUT2D eigenvalue weighted by molar-refractivity contribution is 6.10. The smallest absolute Gasteiger partial charge is 0.177 e. The van der Waals surface area contributed by atoms with Crippen molar-refractivity contribution in [3.63, 3.8) is 0 Å². The SMILES string of the molecule is COc1ccc(C(=O)C(C=O)c2cccc(OC)c2O)cc1OC. The number of carbonyl (C=O) groups is 2. The third-order valence-corrected chi connectivity index (χ3v) is 3.67. The summed E-state index contributed by atoms with van der Waals surface area (Å²) in [6.45, 7) is 0. The number of aromatic hydroxyl groups is 1. The molecule has 0 aromatic heterocycles. The Labute approximate surface area is 139 Å². The number of hydrogen-bond acceptors (Lipinski definition) is 6. The first kappa shape index (κ1) is 17.3. The lowest BCUT2D eigenvalue weighted by atomic mass is 9.91. The van der Waals surface area contributed by atoms with Gasteiger partial charge in [0.25, 0.3) is 0 Å². The van der Waals surface area contributed by atoms with Crippen molar-refractivity contribution in [1.82, 2.24) is 0 Å². The van der Waals surface area contributed by atoms with Crippen molar-refractivity contribution < 1.29 is 28.9 Å². The molecule has 2 rings (SSSR count). The lowest BCUT2D eigenvalue weighted by Gasteiger charge is -2.15. The fourth-order valence-corrected chi connectivity index (χ4v) is 2.40. The molecule has 0 fully saturated rings. The van der Waals surface area contributed by atoms with Gasteiger partial charge in [0, 0.05) is 11.1 Å². The predicted octanol–water partition coefficient (Wildman–Crippen LogP) is 2.58. The van der Waals surface area contributed by atoms with Crippen LogP contribution in [0.1, 0.15) is 21.8 Å². The van der Waals surface area contributed by atoms with E-state index in [9.17, 15) is 14.7 Å². The monoisotopic (exact) mass is 330 g/mol. The molecule has 0 amide bonds. The van der Waals surface area contributed by atoms with Crippen LogP contribution in [0.4, 0.5) is 0 Å². The van der Waals surface area contributed by atoms with Crippen LogP contribution in [0.5, 0.6) is 23.0 Å².